The maximum absolute atomic E-state index is 12.7. The third kappa shape index (κ3) is 3.72. The first-order valence-corrected chi connectivity index (χ1v) is 9.13. The molecular formula is C19H27ClN2O. The lowest BCUT2D eigenvalue weighted by molar-refractivity contribution is -0.128. The van der Waals surface area contributed by atoms with Crippen molar-refractivity contribution >= 4 is 17.5 Å². The molecular weight excluding hydrogens is 308 g/mol. The highest BCUT2D eigenvalue weighted by Gasteiger charge is 2.50. The number of rotatable bonds is 4. The molecule has 2 aliphatic rings. The van der Waals surface area contributed by atoms with E-state index in [0.29, 0.717) is 0 Å². The number of likely N-dealkylation sites (tertiary alicyclic amines) is 1. The van der Waals surface area contributed by atoms with E-state index in [-0.39, 0.29) is 23.3 Å². The van der Waals surface area contributed by atoms with Crippen molar-refractivity contribution in [3.63, 3.8) is 0 Å². The molecule has 0 bridgehead atoms. The summed E-state index contributed by atoms with van der Waals surface area (Å²) in [7, 11) is 0. The number of halogens is 1. The van der Waals surface area contributed by atoms with Crippen molar-refractivity contribution in [1.29, 1.82) is 0 Å². The smallest absolute Gasteiger partial charge is 0.225 e. The van der Waals surface area contributed by atoms with Gasteiger partial charge in [0, 0.05) is 30.7 Å². The molecule has 1 saturated heterocycles. The minimum absolute atomic E-state index is 0.139. The van der Waals surface area contributed by atoms with Crippen molar-refractivity contribution in [2.75, 3.05) is 13.1 Å². The topological polar surface area (TPSA) is 32.3 Å². The predicted molar refractivity (Wildman–Crippen MR) is 94.4 cm³/mol. The van der Waals surface area contributed by atoms with Gasteiger partial charge in [-0.3, -0.25) is 9.69 Å². The zero-order valence-corrected chi connectivity index (χ0v) is 14.9. The quantitative estimate of drug-likeness (QED) is 0.906. The maximum Gasteiger partial charge on any atom is 0.225 e. The van der Waals surface area contributed by atoms with Gasteiger partial charge in [0.15, 0.2) is 0 Å². The minimum Gasteiger partial charge on any atom is -0.354 e. The molecule has 1 saturated carbocycles. The Labute approximate surface area is 144 Å². The standard InChI is InChI=1S/C19H27ClN2O/c1-14(2)21-18(23)17-12-22(13-19(17)9-3-4-10-19)11-15-5-7-16(20)8-6-15/h5-8,14,17H,3-4,9-13H2,1-2H3,(H,21,23). The highest BCUT2D eigenvalue weighted by Crippen LogP contribution is 2.49. The van der Waals surface area contributed by atoms with Crippen molar-refractivity contribution in [2.24, 2.45) is 11.3 Å². The van der Waals surface area contributed by atoms with Gasteiger partial charge in [0.25, 0.3) is 0 Å². The molecule has 23 heavy (non-hydrogen) atoms. The molecule has 4 heteroatoms. The molecule has 1 aromatic carbocycles. The summed E-state index contributed by atoms with van der Waals surface area (Å²) in [6.07, 6.45) is 4.92. The largest absolute Gasteiger partial charge is 0.354 e. The summed E-state index contributed by atoms with van der Waals surface area (Å²) < 4.78 is 0. The van der Waals surface area contributed by atoms with Crippen LogP contribution in [0.4, 0.5) is 0 Å². The van der Waals surface area contributed by atoms with Crippen molar-refractivity contribution in [3.05, 3.63) is 34.9 Å². The van der Waals surface area contributed by atoms with Crippen LogP contribution in [0.3, 0.4) is 0 Å². The molecule has 1 aliphatic heterocycles. The lowest BCUT2D eigenvalue weighted by atomic mass is 9.76. The Balaban J connectivity index is 1.72. The van der Waals surface area contributed by atoms with Gasteiger partial charge in [-0.1, -0.05) is 36.6 Å². The fourth-order valence-electron chi connectivity index (χ4n) is 4.37. The van der Waals surface area contributed by atoms with Gasteiger partial charge in [-0.2, -0.15) is 0 Å². The van der Waals surface area contributed by atoms with Crippen LogP contribution in [0, 0.1) is 11.3 Å². The van der Waals surface area contributed by atoms with E-state index in [0.717, 1.165) is 24.7 Å². The van der Waals surface area contributed by atoms with E-state index in [9.17, 15) is 4.79 Å². The third-order valence-electron chi connectivity index (χ3n) is 5.38. The second kappa shape index (κ2) is 6.82. The van der Waals surface area contributed by atoms with E-state index in [2.05, 4.69) is 22.3 Å². The molecule has 1 unspecified atom stereocenters. The first kappa shape index (κ1) is 16.8. The molecule has 3 rings (SSSR count). The minimum atomic E-state index is 0.139. The van der Waals surface area contributed by atoms with E-state index >= 15 is 0 Å². The SMILES string of the molecule is CC(C)NC(=O)C1CN(Cc2ccc(Cl)cc2)CC12CCCC2. The van der Waals surface area contributed by atoms with E-state index in [1.54, 1.807) is 0 Å². The van der Waals surface area contributed by atoms with Crippen LogP contribution in [-0.2, 0) is 11.3 Å². The van der Waals surface area contributed by atoms with Crippen LogP contribution >= 0.6 is 11.6 Å². The number of hydrogen-bond acceptors (Lipinski definition) is 2. The Bertz CT molecular complexity index is 549. The molecule has 1 aliphatic carbocycles. The molecule has 1 aromatic rings. The fourth-order valence-corrected chi connectivity index (χ4v) is 4.50. The molecule has 1 heterocycles. The second-order valence-electron chi connectivity index (χ2n) is 7.58. The average molecular weight is 335 g/mol. The summed E-state index contributed by atoms with van der Waals surface area (Å²) in [6.45, 7) is 6.91. The van der Waals surface area contributed by atoms with Crippen LogP contribution in [0.25, 0.3) is 0 Å². The zero-order valence-electron chi connectivity index (χ0n) is 14.1. The van der Waals surface area contributed by atoms with Crippen LogP contribution < -0.4 is 5.32 Å². The van der Waals surface area contributed by atoms with Crippen molar-refractivity contribution < 1.29 is 4.79 Å². The van der Waals surface area contributed by atoms with Gasteiger partial charge >= 0.3 is 0 Å². The number of carbonyl (C=O) groups excluding carboxylic acids is 1. The number of nitrogens with zero attached hydrogens (tertiary/aromatic N) is 1. The number of hydrogen-bond donors (Lipinski definition) is 1. The summed E-state index contributed by atoms with van der Waals surface area (Å²) >= 11 is 5.97. The first-order chi connectivity index (χ1) is 11.0. The number of nitrogens with one attached hydrogen (secondary N) is 1. The summed E-state index contributed by atoms with van der Waals surface area (Å²) in [5, 5.41) is 3.92. The molecule has 1 amide bonds. The number of carbonyl (C=O) groups is 1. The number of amides is 1. The van der Waals surface area contributed by atoms with Crippen LogP contribution in [0.5, 0.6) is 0 Å². The molecule has 3 nitrogen and oxygen atoms in total. The predicted octanol–water partition coefficient (Wildman–Crippen LogP) is 3.86. The van der Waals surface area contributed by atoms with Gasteiger partial charge in [-0.05, 0) is 49.8 Å². The maximum atomic E-state index is 12.7. The monoisotopic (exact) mass is 334 g/mol. The summed E-state index contributed by atoms with van der Waals surface area (Å²) in [6, 6.07) is 8.28. The molecule has 0 aromatic heterocycles. The normalized spacial score (nSPS) is 23.7. The summed E-state index contributed by atoms with van der Waals surface area (Å²) in [5.74, 6) is 0.389. The third-order valence-corrected chi connectivity index (χ3v) is 5.64. The zero-order chi connectivity index (χ0) is 16.4. The molecule has 1 spiro atoms. The Morgan fingerprint density at radius 3 is 2.57 bits per heavy atom. The Hall–Kier alpha value is -1.06. The lowest BCUT2D eigenvalue weighted by Crippen LogP contribution is -2.42. The van der Waals surface area contributed by atoms with Crippen LogP contribution in [0.1, 0.15) is 45.1 Å². The second-order valence-corrected chi connectivity index (χ2v) is 8.02. The van der Waals surface area contributed by atoms with Crippen molar-refractivity contribution in [3.8, 4) is 0 Å². The lowest BCUT2D eigenvalue weighted by Gasteiger charge is -2.29. The highest BCUT2D eigenvalue weighted by molar-refractivity contribution is 6.30. The van der Waals surface area contributed by atoms with Gasteiger partial charge in [0.2, 0.25) is 5.91 Å². The van der Waals surface area contributed by atoms with Gasteiger partial charge < -0.3 is 5.32 Å². The molecule has 1 atom stereocenters. The fraction of sp³-hybridized carbons (Fsp3) is 0.632. The van der Waals surface area contributed by atoms with E-state index in [1.807, 2.05) is 26.0 Å². The van der Waals surface area contributed by atoms with Crippen molar-refractivity contribution in [2.45, 2.75) is 52.1 Å². The van der Waals surface area contributed by atoms with E-state index in [4.69, 9.17) is 11.6 Å². The van der Waals surface area contributed by atoms with Crippen molar-refractivity contribution in [1.82, 2.24) is 10.2 Å². The van der Waals surface area contributed by atoms with Gasteiger partial charge in [0.1, 0.15) is 0 Å². The number of benzene rings is 1. The van der Waals surface area contributed by atoms with E-state index in [1.165, 1.54) is 31.2 Å². The first-order valence-electron chi connectivity index (χ1n) is 8.76. The molecule has 2 fully saturated rings. The van der Waals surface area contributed by atoms with Gasteiger partial charge in [-0.25, -0.2) is 0 Å². The molecule has 0 radical (unpaired) electrons. The highest BCUT2D eigenvalue weighted by atomic mass is 35.5. The molecule has 126 valence electrons. The van der Waals surface area contributed by atoms with Gasteiger partial charge in [-0.15, -0.1) is 0 Å². The Morgan fingerprint density at radius 2 is 1.96 bits per heavy atom. The van der Waals surface area contributed by atoms with Crippen LogP contribution in [0.2, 0.25) is 5.02 Å². The Kier molecular flexibility index (Phi) is 4.98. The Morgan fingerprint density at radius 1 is 1.30 bits per heavy atom. The molecule has 1 N–H and O–H groups in total. The van der Waals surface area contributed by atoms with Crippen LogP contribution in [0.15, 0.2) is 24.3 Å². The van der Waals surface area contributed by atoms with Gasteiger partial charge in [0.05, 0.1) is 5.92 Å². The van der Waals surface area contributed by atoms with Crippen LogP contribution in [-0.4, -0.2) is 29.9 Å². The average Bonchev–Trinajstić information content (AvgIpc) is 3.09. The summed E-state index contributed by atoms with van der Waals surface area (Å²) in [5.41, 5.74) is 1.47. The van der Waals surface area contributed by atoms with E-state index < -0.39 is 0 Å². The summed E-state index contributed by atoms with van der Waals surface area (Å²) in [4.78, 5) is 15.2.